The Balaban J connectivity index is 2.13. The number of hydrogen-bond donors (Lipinski definition) is 2. The van der Waals surface area contributed by atoms with E-state index in [0.717, 1.165) is 18.9 Å². The smallest absolute Gasteiger partial charge is 0.255 e. The summed E-state index contributed by atoms with van der Waals surface area (Å²) < 4.78 is 18.4. The minimum atomic E-state index is -0.674. The molecule has 0 saturated heterocycles. The van der Waals surface area contributed by atoms with Crippen LogP contribution in [0.25, 0.3) is 0 Å². The molecule has 2 N–H and O–H groups in total. The van der Waals surface area contributed by atoms with Crippen LogP contribution >= 0.6 is 0 Å². The highest BCUT2D eigenvalue weighted by molar-refractivity contribution is 5.97. The zero-order valence-electron chi connectivity index (χ0n) is 10.1. The standard InChI is InChI=1S/C13H16FNO3/c1-8(16)7-18-12-6-9(14)2-5-11(12)13(17)15-10-3-4-10/h2,5-6,8,10,16H,3-4,7H2,1H3,(H,15,17). The maximum atomic E-state index is 13.1. The minimum Gasteiger partial charge on any atom is -0.490 e. The van der Waals surface area contributed by atoms with Gasteiger partial charge in [-0.25, -0.2) is 4.39 Å². The second kappa shape index (κ2) is 5.35. The third kappa shape index (κ3) is 3.43. The van der Waals surface area contributed by atoms with Gasteiger partial charge in [0.25, 0.3) is 5.91 Å². The second-order valence-electron chi connectivity index (χ2n) is 4.55. The number of aliphatic hydroxyl groups excluding tert-OH is 1. The van der Waals surface area contributed by atoms with Gasteiger partial charge in [0.15, 0.2) is 0 Å². The summed E-state index contributed by atoms with van der Waals surface area (Å²) in [5.74, 6) is -0.578. The number of hydrogen-bond acceptors (Lipinski definition) is 3. The average Bonchev–Trinajstić information content (AvgIpc) is 3.10. The van der Waals surface area contributed by atoms with Crippen LogP contribution in [-0.4, -0.2) is 29.8 Å². The third-order valence-corrected chi connectivity index (χ3v) is 2.58. The molecule has 0 radical (unpaired) electrons. The molecule has 0 heterocycles. The van der Waals surface area contributed by atoms with E-state index in [1.165, 1.54) is 12.1 Å². The monoisotopic (exact) mass is 253 g/mol. The molecule has 0 bridgehead atoms. The quantitative estimate of drug-likeness (QED) is 0.835. The zero-order valence-corrected chi connectivity index (χ0v) is 10.1. The highest BCUT2D eigenvalue weighted by Crippen LogP contribution is 2.23. The summed E-state index contributed by atoms with van der Waals surface area (Å²) >= 11 is 0. The van der Waals surface area contributed by atoms with E-state index in [1.807, 2.05) is 0 Å². The Morgan fingerprint density at radius 3 is 2.94 bits per heavy atom. The molecule has 5 heteroatoms. The molecule has 0 spiro atoms. The largest absolute Gasteiger partial charge is 0.490 e. The lowest BCUT2D eigenvalue weighted by atomic mass is 10.2. The molecule has 2 rings (SSSR count). The van der Waals surface area contributed by atoms with Gasteiger partial charge < -0.3 is 15.2 Å². The lowest BCUT2D eigenvalue weighted by molar-refractivity contribution is 0.0935. The van der Waals surface area contributed by atoms with Crippen molar-refractivity contribution in [3.05, 3.63) is 29.6 Å². The van der Waals surface area contributed by atoms with E-state index in [2.05, 4.69) is 5.32 Å². The number of benzene rings is 1. The van der Waals surface area contributed by atoms with Gasteiger partial charge in [-0.1, -0.05) is 0 Å². The highest BCUT2D eigenvalue weighted by atomic mass is 19.1. The molecule has 0 aliphatic heterocycles. The number of ether oxygens (including phenoxy) is 1. The van der Waals surface area contributed by atoms with Crippen LogP contribution in [-0.2, 0) is 0 Å². The fraction of sp³-hybridized carbons (Fsp3) is 0.462. The molecule has 98 valence electrons. The topological polar surface area (TPSA) is 58.6 Å². The number of halogens is 1. The van der Waals surface area contributed by atoms with E-state index in [9.17, 15) is 9.18 Å². The number of carbonyl (C=O) groups excluding carboxylic acids is 1. The first-order valence-corrected chi connectivity index (χ1v) is 5.97. The van der Waals surface area contributed by atoms with Gasteiger partial charge in [0, 0.05) is 12.1 Å². The van der Waals surface area contributed by atoms with E-state index < -0.39 is 11.9 Å². The lowest BCUT2D eigenvalue weighted by Crippen LogP contribution is -2.26. The molecule has 1 aromatic carbocycles. The maximum Gasteiger partial charge on any atom is 0.255 e. The first-order valence-electron chi connectivity index (χ1n) is 5.97. The van der Waals surface area contributed by atoms with Gasteiger partial charge in [-0.15, -0.1) is 0 Å². The molecule has 18 heavy (non-hydrogen) atoms. The summed E-state index contributed by atoms with van der Waals surface area (Å²) in [7, 11) is 0. The predicted molar refractivity (Wildman–Crippen MR) is 64.1 cm³/mol. The third-order valence-electron chi connectivity index (χ3n) is 2.58. The fourth-order valence-corrected chi connectivity index (χ4v) is 1.50. The molecule has 1 aliphatic rings. The van der Waals surface area contributed by atoms with Gasteiger partial charge in [-0.2, -0.15) is 0 Å². The van der Waals surface area contributed by atoms with E-state index in [1.54, 1.807) is 6.92 Å². The van der Waals surface area contributed by atoms with Crippen molar-refractivity contribution in [1.29, 1.82) is 0 Å². The van der Waals surface area contributed by atoms with Crippen LogP contribution in [0.1, 0.15) is 30.1 Å². The van der Waals surface area contributed by atoms with Crippen LogP contribution in [0.3, 0.4) is 0 Å². The molecular formula is C13H16FNO3. The Kier molecular flexibility index (Phi) is 3.81. The van der Waals surface area contributed by atoms with Crippen molar-refractivity contribution in [3.63, 3.8) is 0 Å². The average molecular weight is 253 g/mol. The van der Waals surface area contributed by atoms with Crippen molar-refractivity contribution in [2.75, 3.05) is 6.61 Å². The van der Waals surface area contributed by atoms with Gasteiger partial charge in [0.1, 0.15) is 18.2 Å². The van der Waals surface area contributed by atoms with Crippen molar-refractivity contribution in [2.24, 2.45) is 0 Å². The SMILES string of the molecule is CC(O)COc1cc(F)ccc1C(=O)NC1CC1. The van der Waals surface area contributed by atoms with Crippen LogP contribution in [0.15, 0.2) is 18.2 Å². The normalized spacial score (nSPS) is 16.2. The summed E-state index contributed by atoms with van der Waals surface area (Å²) in [5, 5.41) is 12.0. The fourth-order valence-electron chi connectivity index (χ4n) is 1.50. The van der Waals surface area contributed by atoms with Crippen molar-refractivity contribution in [1.82, 2.24) is 5.32 Å². The molecule has 1 saturated carbocycles. The van der Waals surface area contributed by atoms with E-state index in [0.29, 0.717) is 5.56 Å². The number of rotatable bonds is 5. The van der Waals surface area contributed by atoms with Crippen LogP contribution in [0, 0.1) is 5.82 Å². The Hall–Kier alpha value is -1.62. The van der Waals surface area contributed by atoms with Crippen LogP contribution in [0.4, 0.5) is 4.39 Å². The van der Waals surface area contributed by atoms with Crippen molar-refractivity contribution in [3.8, 4) is 5.75 Å². The number of nitrogens with one attached hydrogen (secondary N) is 1. The highest BCUT2D eigenvalue weighted by Gasteiger charge is 2.25. The van der Waals surface area contributed by atoms with E-state index in [-0.39, 0.29) is 24.3 Å². The minimum absolute atomic E-state index is 0.0210. The van der Waals surface area contributed by atoms with E-state index >= 15 is 0 Å². The first kappa shape index (κ1) is 12.8. The van der Waals surface area contributed by atoms with Crippen molar-refractivity contribution >= 4 is 5.91 Å². The van der Waals surface area contributed by atoms with Crippen LogP contribution < -0.4 is 10.1 Å². The molecule has 1 amide bonds. The summed E-state index contributed by atoms with van der Waals surface area (Å²) in [4.78, 5) is 11.9. The molecule has 1 unspecified atom stereocenters. The molecular weight excluding hydrogens is 237 g/mol. The van der Waals surface area contributed by atoms with E-state index in [4.69, 9.17) is 9.84 Å². The summed E-state index contributed by atoms with van der Waals surface area (Å²) in [6.07, 6.45) is 1.29. The Labute approximate surface area is 105 Å². The molecule has 0 aromatic heterocycles. The number of amides is 1. The number of carbonyl (C=O) groups is 1. The zero-order chi connectivity index (χ0) is 13.1. The molecule has 1 aliphatic carbocycles. The van der Waals surface area contributed by atoms with Gasteiger partial charge >= 0.3 is 0 Å². The predicted octanol–water partition coefficient (Wildman–Crippen LogP) is 1.48. The molecule has 1 fully saturated rings. The molecule has 1 aromatic rings. The number of aliphatic hydroxyl groups is 1. The molecule has 1 atom stereocenters. The van der Waals surface area contributed by atoms with Crippen molar-refractivity contribution < 1.29 is 19.0 Å². The lowest BCUT2D eigenvalue weighted by Gasteiger charge is -2.12. The maximum absolute atomic E-state index is 13.1. The first-order chi connectivity index (χ1) is 8.56. The Bertz CT molecular complexity index is 444. The molecule has 4 nitrogen and oxygen atoms in total. The second-order valence-corrected chi connectivity index (χ2v) is 4.55. The summed E-state index contributed by atoms with van der Waals surface area (Å²) in [5.41, 5.74) is 0.295. The van der Waals surface area contributed by atoms with Crippen molar-refractivity contribution in [2.45, 2.75) is 31.9 Å². The van der Waals surface area contributed by atoms with Crippen LogP contribution in [0.5, 0.6) is 5.75 Å². The van der Waals surface area contributed by atoms with Crippen LogP contribution in [0.2, 0.25) is 0 Å². The summed E-state index contributed by atoms with van der Waals surface area (Å²) in [6.45, 7) is 1.58. The van der Waals surface area contributed by atoms with Gasteiger partial charge in [-0.3, -0.25) is 4.79 Å². The van der Waals surface area contributed by atoms with Gasteiger partial charge in [0.05, 0.1) is 11.7 Å². The summed E-state index contributed by atoms with van der Waals surface area (Å²) in [6, 6.07) is 4.00. The Morgan fingerprint density at radius 1 is 1.61 bits per heavy atom. The Morgan fingerprint density at radius 2 is 2.33 bits per heavy atom. The van der Waals surface area contributed by atoms with Gasteiger partial charge in [0.2, 0.25) is 0 Å². The van der Waals surface area contributed by atoms with Gasteiger partial charge in [-0.05, 0) is 31.9 Å².